The molecular weight excluding hydrogens is 456 g/mol. The van der Waals surface area contributed by atoms with E-state index in [4.69, 9.17) is 4.74 Å². The molecule has 0 N–H and O–H groups in total. The number of rotatable bonds is 6. The molecule has 2 heterocycles. The van der Waals surface area contributed by atoms with Gasteiger partial charge in [-0.25, -0.2) is 13.4 Å². The molecule has 3 aromatic carbocycles. The zero-order valence-electron chi connectivity index (χ0n) is 18.0. The second-order valence-electron chi connectivity index (χ2n) is 7.88. The largest absolute Gasteiger partial charge is 0.497 e. The van der Waals surface area contributed by atoms with Gasteiger partial charge in [0.1, 0.15) is 10.8 Å². The van der Waals surface area contributed by atoms with Gasteiger partial charge >= 0.3 is 0 Å². The maximum Gasteiger partial charge on any atom is 0.264 e. The topological polar surface area (TPSA) is 76.6 Å². The predicted octanol–water partition coefficient (Wildman–Crippen LogP) is 4.87. The SMILES string of the molecule is COc1ccc2nc(CC(=O)c3cccc(S(=O)(=O)N4CCCc5ccccc54)c3)sc2c1. The minimum atomic E-state index is -3.78. The maximum atomic E-state index is 13.5. The van der Waals surface area contributed by atoms with E-state index in [1.807, 2.05) is 42.5 Å². The highest BCUT2D eigenvalue weighted by atomic mass is 32.2. The van der Waals surface area contributed by atoms with Crippen molar-refractivity contribution in [2.24, 2.45) is 0 Å². The lowest BCUT2D eigenvalue weighted by molar-refractivity contribution is 0.0992. The first-order valence-electron chi connectivity index (χ1n) is 10.6. The van der Waals surface area contributed by atoms with E-state index in [1.54, 1.807) is 25.3 Å². The highest BCUT2D eigenvalue weighted by molar-refractivity contribution is 7.92. The molecule has 0 fully saturated rings. The van der Waals surface area contributed by atoms with Crippen molar-refractivity contribution in [1.29, 1.82) is 0 Å². The molecule has 1 aromatic heterocycles. The van der Waals surface area contributed by atoms with Gasteiger partial charge in [0.05, 0.1) is 34.3 Å². The van der Waals surface area contributed by atoms with Crippen LogP contribution in [0.25, 0.3) is 10.2 Å². The maximum absolute atomic E-state index is 13.5. The normalized spacial score (nSPS) is 13.7. The molecule has 0 saturated heterocycles. The highest BCUT2D eigenvalue weighted by Crippen LogP contribution is 2.32. The number of methoxy groups -OCH3 is 1. The smallest absolute Gasteiger partial charge is 0.264 e. The standard InChI is InChI=1S/C25H22N2O4S2/c1-31-19-11-12-21-24(15-19)32-25(26-21)16-23(28)18-7-4-9-20(14-18)33(29,30)27-13-5-8-17-6-2-3-10-22(17)27/h2-4,6-7,9-12,14-15H,5,8,13,16H2,1H3. The molecule has 0 aliphatic carbocycles. The summed E-state index contributed by atoms with van der Waals surface area (Å²) in [6.45, 7) is 0.423. The van der Waals surface area contributed by atoms with Crippen molar-refractivity contribution in [3.05, 3.63) is 82.9 Å². The highest BCUT2D eigenvalue weighted by Gasteiger charge is 2.29. The number of carbonyl (C=O) groups is 1. The number of aromatic nitrogens is 1. The molecule has 33 heavy (non-hydrogen) atoms. The molecule has 1 aliphatic rings. The van der Waals surface area contributed by atoms with Gasteiger partial charge in [0.15, 0.2) is 5.78 Å². The fourth-order valence-corrected chi connectivity index (χ4v) is 6.68. The van der Waals surface area contributed by atoms with Gasteiger partial charge in [-0.05, 0) is 54.8 Å². The van der Waals surface area contributed by atoms with Crippen molar-refractivity contribution in [1.82, 2.24) is 4.98 Å². The van der Waals surface area contributed by atoms with Gasteiger partial charge in [-0.2, -0.15) is 0 Å². The fourth-order valence-electron chi connectivity index (χ4n) is 4.10. The van der Waals surface area contributed by atoms with Gasteiger partial charge in [-0.3, -0.25) is 9.10 Å². The summed E-state index contributed by atoms with van der Waals surface area (Å²) in [5.41, 5.74) is 2.90. The summed E-state index contributed by atoms with van der Waals surface area (Å²) in [6.07, 6.45) is 1.73. The molecule has 8 heteroatoms. The van der Waals surface area contributed by atoms with E-state index in [-0.39, 0.29) is 17.1 Å². The summed E-state index contributed by atoms with van der Waals surface area (Å²) >= 11 is 1.44. The Morgan fingerprint density at radius 1 is 1.09 bits per heavy atom. The Bertz CT molecular complexity index is 1460. The number of aryl methyl sites for hydroxylation is 1. The van der Waals surface area contributed by atoms with Crippen LogP contribution in [0.15, 0.2) is 71.6 Å². The van der Waals surface area contributed by atoms with E-state index in [0.29, 0.717) is 22.8 Å². The lowest BCUT2D eigenvalue weighted by Crippen LogP contribution is -2.35. The predicted molar refractivity (Wildman–Crippen MR) is 130 cm³/mol. The molecule has 0 atom stereocenters. The average molecular weight is 479 g/mol. The first-order chi connectivity index (χ1) is 16.0. The van der Waals surface area contributed by atoms with Crippen LogP contribution in [0, 0.1) is 0 Å². The monoisotopic (exact) mass is 478 g/mol. The Kier molecular flexibility index (Phi) is 5.64. The number of thiazole rings is 1. The van der Waals surface area contributed by atoms with Crippen LogP contribution in [-0.4, -0.2) is 32.8 Å². The third-order valence-electron chi connectivity index (χ3n) is 5.76. The molecule has 0 unspecified atom stereocenters. The van der Waals surface area contributed by atoms with Crippen molar-refractivity contribution in [3.63, 3.8) is 0 Å². The quantitative estimate of drug-likeness (QED) is 0.370. The number of anilines is 1. The van der Waals surface area contributed by atoms with Crippen molar-refractivity contribution < 1.29 is 17.9 Å². The van der Waals surface area contributed by atoms with E-state index in [9.17, 15) is 13.2 Å². The van der Waals surface area contributed by atoms with Gasteiger partial charge in [0.2, 0.25) is 0 Å². The number of Topliss-reactive ketones (excluding diaryl/α,β-unsaturated/α-hetero) is 1. The third kappa shape index (κ3) is 4.12. The Morgan fingerprint density at radius 3 is 2.79 bits per heavy atom. The van der Waals surface area contributed by atoms with E-state index in [0.717, 1.165) is 34.4 Å². The first kappa shape index (κ1) is 21.6. The number of hydrogen-bond acceptors (Lipinski definition) is 6. The lowest BCUT2D eigenvalue weighted by Gasteiger charge is -2.30. The molecule has 6 nitrogen and oxygen atoms in total. The summed E-state index contributed by atoms with van der Waals surface area (Å²) in [4.78, 5) is 17.7. The molecule has 1 aliphatic heterocycles. The molecule has 168 valence electrons. The number of carbonyl (C=O) groups excluding carboxylic acids is 1. The van der Waals surface area contributed by atoms with Gasteiger partial charge in [0, 0.05) is 12.1 Å². The summed E-state index contributed by atoms with van der Waals surface area (Å²) in [5.74, 6) is 0.568. The molecule has 0 spiro atoms. The van der Waals surface area contributed by atoms with Gasteiger partial charge in [0.25, 0.3) is 10.0 Å². The molecule has 4 aromatic rings. The zero-order chi connectivity index (χ0) is 23.0. The van der Waals surface area contributed by atoms with Crippen LogP contribution in [0.5, 0.6) is 5.75 Å². The van der Waals surface area contributed by atoms with Crippen molar-refractivity contribution >= 4 is 43.0 Å². The number of hydrogen-bond donors (Lipinski definition) is 0. The Morgan fingerprint density at radius 2 is 1.94 bits per heavy atom. The second kappa shape index (κ2) is 8.61. The van der Waals surface area contributed by atoms with Crippen LogP contribution in [0.4, 0.5) is 5.69 Å². The van der Waals surface area contributed by atoms with Gasteiger partial charge in [-0.15, -0.1) is 11.3 Å². The minimum Gasteiger partial charge on any atom is -0.497 e. The lowest BCUT2D eigenvalue weighted by atomic mass is 10.0. The number of benzene rings is 3. The van der Waals surface area contributed by atoms with Crippen LogP contribution < -0.4 is 9.04 Å². The summed E-state index contributed by atoms with van der Waals surface area (Å²) in [7, 11) is -2.17. The Labute approximate surface area is 196 Å². The van der Waals surface area contributed by atoms with Crippen LogP contribution in [0.2, 0.25) is 0 Å². The molecule has 0 saturated carbocycles. The number of para-hydroxylation sites is 1. The summed E-state index contributed by atoms with van der Waals surface area (Å²) in [6, 6.07) is 19.5. The van der Waals surface area contributed by atoms with Crippen molar-refractivity contribution in [2.45, 2.75) is 24.2 Å². The van der Waals surface area contributed by atoms with Gasteiger partial charge < -0.3 is 4.74 Å². The minimum absolute atomic E-state index is 0.109. The fraction of sp³-hybridized carbons (Fsp3) is 0.200. The number of sulfonamides is 1. The molecule has 0 bridgehead atoms. The van der Waals surface area contributed by atoms with Crippen molar-refractivity contribution in [2.75, 3.05) is 18.0 Å². The third-order valence-corrected chi connectivity index (χ3v) is 8.59. The number of nitrogens with zero attached hydrogens (tertiary/aromatic N) is 2. The van der Waals surface area contributed by atoms with Crippen LogP contribution in [-0.2, 0) is 22.9 Å². The Balaban J connectivity index is 1.42. The average Bonchev–Trinajstić information content (AvgIpc) is 3.25. The van der Waals surface area contributed by atoms with Crippen LogP contribution >= 0.6 is 11.3 Å². The number of ether oxygens (including phenoxy) is 1. The number of ketones is 1. The van der Waals surface area contributed by atoms with Crippen LogP contribution in [0.1, 0.15) is 27.3 Å². The van der Waals surface area contributed by atoms with E-state index < -0.39 is 10.0 Å². The molecule has 5 rings (SSSR count). The number of fused-ring (bicyclic) bond motifs is 2. The summed E-state index contributed by atoms with van der Waals surface area (Å²) < 4.78 is 34.6. The van der Waals surface area contributed by atoms with Gasteiger partial charge in [-0.1, -0.05) is 30.3 Å². The van der Waals surface area contributed by atoms with Crippen LogP contribution in [0.3, 0.4) is 0 Å². The molecular formula is C25H22N2O4S2. The molecule has 0 radical (unpaired) electrons. The zero-order valence-corrected chi connectivity index (χ0v) is 19.7. The first-order valence-corrected chi connectivity index (χ1v) is 12.9. The van der Waals surface area contributed by atoms with E-state index in [2.05, 4.69) is 4.98 Å². The van der Waals surface area contributed by atoms with E-state index in [1.165, 1.54) is 21.7 Å². The Hall–Kier alpha value is -3.23. The van der Waals surface area contributed by atoms with Crippen molar-refractivity contribution in [3.8, 4) is 5.75 Å². The molecule has 0 amide bonds. The van der Waals surface area contributed by atoms with E-state index >= 15 is 0 Å². The summed E-state index contributed by atoms with van der Waals surface area (Å²) in [5, 5.41) is 0.682. The second-order valence-corrected chi connectivity index (χ2v) is 10.9.